The van der Waals surface area contributed by atoms with E-state index in [1.165, 1.54) is 18.2 Å². The van der Waals surface area contributed by atoms with Crippen molar-refractivity contribution in [3.63, 3.8) is 0 Å². The first-order valence-electron chi connectivity index (χ1n) is 4.29. The zero-order chi connectivity index (χ0) is 12.8. The van der Waals surface area contributed by atoms with Crippen molar-refractivity contribution < 1.29 is 4.39 Å². The third-order valence-electron chi connectivity index (χ3n) is 1.77. The fourth-order valence-electron chi connectivity index (χ4n) is 1.00. The number of anilines is 1. The summed E-state index contributed by atoms with van der Waals surface area (Å²) in [6, 6.07) is 9.05. The van der Waals surface area contributed by atoms with Crippen LogP contribution < -0.4 is 5.32 Å². The molecule has 0 aromatic heterocycles. The molecule has 17 heavy (non-hydrogen) atoms. The van der Waals surface area contributed by atoms with E-state index in [1.54, 1.807) is 40.8 Å². The van der Waals surface area contributed by atoms with Gasteiger partial charge in [-0.2, -0.15) is 15.8 Å². The van der Waals surface area contributed by atoms with E-state index >= 15 is 0 Å². The molecule has 82 valence electrons. The molecule has 0 spiro atoms. The minimum atomic E-state index is -0.376. The van der Waals surface area contributed by atoms with Gasteiger partial charge in [-0.25, -0.2) is 4.39 Å². The average molecular weight is 338 g/mol. The molecule has 4 nitrogen and oxygen atoms in total. The van der Waals surface area contributed by atoms with Crippen LogP contribution in [0.2, 0.25) is 0 Å². The Morgan fingerprint density at radius 3 is 2.29 bits per heavy atom. The molecule has 1 aromatic carbocycles. The second-order valence-corrected chi connectivity index (χ2v) is 4.00. The molecular weight excluding hydrogens is 334 g/mol. The van der Waals surface area contributed by atoms with Crippen molar-refractivity contribution in [2.45, 2.75) is 0 Å². The van der Waals surface area contributed by atoms with E-state index in [-0.39, 0.29) is 17.1 Å². The molecule has 1 N–H and O–H groups in total. The SMILES string of the molecule is N#CC(C#N)=C(C#N)Nc1ccc(F)c(I)c1. The molecule has 0 atom stereocenters. The summed E-state index contributed by atoms with van der Waals surface area (Å²) in [7, 11) is 0. The predicted octanol–water partition coefficient (Wildman–Crippen LogP) is 2.67. The second kappa shape index (κ2) is 5.83. The summed E-state index contributed by atoms with van der Waals surface area (Å²) in [6.07, 6.45) is 0. The molecule has 0 saturated heterocycles. The fourth-order valence-corrected chi connectivity index (χ4v) is 1.52. The van der Waals surface area contributed by atoms with Crippen LogP contribution in [0.1, 0.15) is 0 Å². The summed E-state index contributed by atoms with van der Waals surface area (Å²) < 4.78 is 13.4. The molecule has 0 saturated carbocycles. The molecule has 0 aliphatic rings. The Morgan fingerprint density at radius 1 is 1.18 bits per heavy atom. The normalized spacial score (nSPS) is 8.41. The first-order chi connectivity index (χ1) is 8.12. The number of allylic oxidation sites excluding steroid dienone is 2. The van der Waals surface area contributed by atoms with Crippen molar-refractivity contribution in [1.29, 1.82) is 15.8 Å². The number of hydrogen-bond donors (Lipinski definition) is 1. The Morgan fingerprint density at radius 2 is 1.82 bits per heavy atom. The summed E-state index contributed by atoms with van der Waals surface area (Å²) in [5.74, 6) is -0.376. The van der Waals surface area contributed by atoms with Gasteiger partial charge in [-0.15, -0.1) is 0 Å². The minimum Gasteiger partial charge on any atom is -0.345 e. The van der Waals surface area contributed by atoms with Crippen LogP contribution in [0.5, 0.6) is 0 Å². The summed E-state index contributed by atoms with van der Waals surface area (Å²) in [5.41, 5.74) is -0.0282. The molecule has 1 rings (SSSR count). The first kappa shape index (κ1) is 13.0. The molecule has 1 aromatic rings. The van der Waals surface area contributed by atoms with Crippen LogP contribution in [0.25, 0.3) is 0 Å². The Bertz CT molecular complexity index is 585. The van der Waals surface area contributed by atoms with Gasteiger partial charge in [-0.3, -0.25) is 0 Å². The first-order valence-corrected chi connectivity index (χ1v) is 5.37. The van der Waals surface area contributed by atoms with Crippen molar-refractivity contribution in [2.24, 2.45) is 0 Å². The van der Waals surface area contributed by atoms with Crippen LogP contribution in [0, 0.1) is 43.4 Å². The fraction of sp³-hybridized carbons (Fsp3) is 0. The number of nitrogens with zero attached hydrogens (tertiary/aromatic N) is 3. The van der Waals surface area contributed by atoms with Crippen LogP contribution in [-0.4, -0.2) is 0 Å². The lowest BCUT2D eigenvalue weighted by Gasteiger charge is -2.05. The van der Waals surface area contributed by atoms with E-state index < -0.39 is 0 Å². The van der Waals surface area contributed by atoms with Gasteiger partial charge >= 0.3 is 0 Å². The Balaban J connectivity index is 3.11. The van der Waals surface area contributed by atoms with Crippen LogP contribution in [0.4, 0.5) is 10.1 Å². The highest BCUT2D eigenvalue weighted by Gasteiger charge is 2.07. The summed E-state index contributed by atoms with van der Waals surface area (Å²) in [6.45, 7) is 0. The average Bonchev–Trinajstić information content (AvgIpc) is 2.33. The van der Waals surface area contributed by atoms with E-state index in [1.807, 2.05) is 0 Å². The van der Waals surface area contributed by atoms with Crippen molar-refractivity contribution in [1.82, 2.24) is 0 Å². The van der Waals surface area contributed by atoms with Gasteiger partial charge in [0.15, 0.2) is 5.57 Å². The number of rotatable bonds is 2. The van der Waals surface area contributed by atoms with Crippen molar-refractivity contribution in [2.75, 3.05) is 5.32 Å². The molecule has 0 fully saturated rings. The van der Waals surface area contributed by atoms with Gasteiger partial charge in [-0.1, -0.05) is 0 Å². The number of nitriles is 3. The molecule has 0 aliphatic carbocycles. The van der Waals surface area contributed by atoms with E-state index in [2.05, 4.69) is 5.32 Å². The summed E-state index contributed by atoms with van der Waals surface area (Å²) in [4.78, 5) is 0. The van der Waals surface area contributed by atoms with Crippen LogP contribution in [0.3, 0.4) is 0 Å². The highest BCUT2D eigenvalue weighted by molar-refractivity contribution is 14.1. The smallest absolute Gasteiger partial charge is 0.163 e. The predicted molar refractivity (Wildman–Crippen MR) is 66.6 cm³/mol. The monoisotopic (exact) mass is 338 g/mol. The van der Waals surface area contributed by atoms with Crippen molar-refractivity contribution >= 4 is 28.3 Å². The third-order valence-corrected chi connectivity index (χ3v) is 2.60. The molecule has 0 bridgehead atoms. The lowest BCUT2D eigenvalue weighted by molar-refractivity contribution is 0.620. The van der Waals surface area contributed by atoms with Crippen LogP contribution in [0.15, 0.2) is 29.5 Å². The molecule has 0 unspecified atom stereocenters. The van der Waals surface area contributed by atoms with Crippen LogP contribution in [-0.2, 0) is 0 Å². The number of benzene rings is 1. The van der Waals surface area contributed by atoms with Crippen molar-refractivity contribution in [3.8, 4) is 18.2 Å². The van der Waals surface area contributed by atoms with Gasteiger partial charge in [0.1, 0.15) is 29.7 Å². The Hall–Kier alpha value is -2.11. The van der Waals surface area contributed by atoms with Crippen LogP contribution >= 0.6 is 22.6 Å². The highest BCUT2D eigenvalue weighted by atomic mass is 127. The second-order valence-electron chi connectivity index (χ2n) is 2.84. The van der Waals surface area contributed by atoms with E-state index in [0.717, 1.165) is 0 Å². The third kappa shape index (κ3) is 3.17. The lowest BCUT2D eigenvalue weighted by Crippen LogP contribution is -2.01. The molecule has 0 aliphatic heterocycles. The summed E-state index contributed by atoms with van der Waals surface area (Å²) in [5, 5.41) is 28.6. The van der Waals surface area contributed by atoms with Gasteiger partial charge in [0.2, 0.25) is 0 Å². The molecule has 6 heteroatoms. The highest BCUT2D eigenvalue weighted by Crippen LogP contribution is 2.18. The summed E-state index contributed by atoms with van der Waals surface area (Å²) >= 11 is 1.80. The molecule has 0 radical (unpaired) electrons. The Kier molecular flexibility index (Phi) is 4.45. The minimum absolute atomic E-state index is 0.155. The Labute approximate surface area is 111 Å². The number of nitrogens with one attached hydrogen (secondary N) is 1. The van der Waals surface area contributed by atoms with Gasteiger partial charge in [0, 0.05) is 5.69 Å². The van der Waals surface area contributed by atoms with E-state index in [4.69, 9.17) is 15.8 Å². The number of hydrogen-bond acceptors (Lipinski definition) is 4. The van der Waals surface area contributed by atoms with Crippen molar-refractivity contribution in [3.05, 3.63) is 38.9 Å². The van der Waals surface area contributed by atoms with E-state index in [9.17, 15) is 4.39 Å². The maximum atomic E-state index is 13.0. The standard InChI is InChI=1S/C11H4FIN4/c12-9-2-1-8(3-10(9)13)17-11(6-16)7(4-14)5-15/h1-3,17H. The zero-order valence-electron chi connectivity index (χ0n) is 8.33. The maximum Gasteiger partial charge on any atom is 0.163 e. The maximum absolute atomic E-state index is 13.0. The molecular formula is C11H4FIN4. The zero-order valence-corrected chi connectivity index (χ0v) is 10.5. The van der Waals surface area contributed by atoms with Gasteiger partial charge < -0.3 is 5.32 Å². The quantitative estimate of drug-likeness (QED) is 0.664. The number of halogens is 2. The van der Waals surface area contributed by atoms with E-state index in [0.29, 0.717) is 9.26 Å². The topological polar surface area (TPSA) is 83.4 Å². The molecule has 0 heterocycles. The largest absolute Gasteiger partial charge is 0.345 e. The molecule has 0 amide bonds. The van der Waals surface area contributed by atoms with Gasteiger partial charge in [-0.05, 0) is 40.8 Å². The van der Waals surface area contributed by atoms with Gasteiger partial charge in [0.25, 0.3) is 0 Å². The van der Waals surface area contributed by atoms with Gasteiger partial charge in [0.05, 0.1) is 3.57 Å². The lowest BCUT2D eigenvalue weighted by atomic mass is 10.2.